The van der Waals surface area contributed by atoms with Gasteiger partial charge >= 0.3 is 0 Å². The second-order valence-corrected chi connectivity index (χ2v) is 6.42. The summed E-state index contributed by atoms with van der Waals surface area (Å²) >= 11 is 9.40. The third-order valence-electron chi connectivity index (χ3n) is 3.34. The zero-order valence-corrected chi connectivity index (χ0v) is 14.5. The number of methoxy groups -OCH3 is 1. The molecule has 1 N–H and O–H groups in total. The highest BCUT2D eigenvalue weighted by molar-refractivity contribution is 9.10. The first-order chi connectivity index (χ1) is 10.1. The van der Waals surface area contributed by atoms with Gasteiger partial charge in [0.25, 0.3) is 0 Å². The molecule has 2 nitrogen and oxygen atoms in total. The lowest BCUT2D eigenvalue weighted by Crippen LogP contribution is -2.27. The topological polar surface area (TPSA) is 21.3 Å². The molecule has 0 aliphatic heterocycles. The third kappa shape index (κ3) is 5.03. The normalized spacial score (nSPS) is 12.2. The highest BCUT2D eigenvalue weighted by Crippen LogP contribution is 2.23. The molecule has 2 rings (SSSR count). The van der Waals surface area contributed by atoms with Gasteiger partial charge in [0.2, 0.25) is 0 Å². The van der Waals surface area contributed by atoms with Gasteiger partial charge in [-0.2, -0.15) is 0 Å². The Balaban J connectivity index is 1.93. The van der Waals surface area contributed by atoms with Gasteiger partial charge in [-0.15, -0.1) is 0 Å². The van der Waals surface area contributed by atoms with E-state index in [1.165, 1.54) is 5.56 Å². The van der Waals surface area contributed by atoms with E-state index in [0.29, 0.717) is 6.04 Å². The van der Waals surface area contributed by atoms with Crippen LogP contribution in [0.25, 0.3) is 0 Å². The van der Waals surface area contributed by atoms with Gasteiger partial charge in [0.1, 0.15) is 5.75 Å². The molecule has 0 fully saturated rings. The van der Waals surface area contributed by atoms with Crippen LogP contribution in [0.1, 0.15) is 18.1 Å². The van der Waals surface area contributed by atoms with Crippen LogP contribution in [0.2, 0.25) is 5.02 Å². The average molecular weight is 369 g/mol. The van der Waals surface area contributed by atoms with Crippen LogP contribution >= 0.6 is 27.5 Å². The number of hydrogen-bond acceptors (Lipinski definition) is 2. The summed E-state index contributed by atoms with van der Waals surface area (Å²) in [6.45, 7) is 2.95. The zero-order chi connectivity index (χ0) is 15.2. The Kier molecular flexibility index (Phi) is 6.09. The molecule has 0 spiro atoms. The number of halogens is 2. The molecule has 2 aromatic carbocycles. The summed E-state index contributed by atoms with van der Waals surface area (Å²) in [7, 11) is 1.70. The predicted molar refractivity (Wildman–Crippen MR) is 92.2 cm³/mol. The van der Waals surface area contributed by atoms with Crippen LogP contribution in [0.4, 0.5) is 0 Å². The molecule has 0 heterocycles. The van der Waals surface area contributed by atoms with E-state index in [-0.39, 0.29) is 0 Å². The van der Waals surface area contributed by atoms with E-state index in [4.69, 9.17) is 16.3 Å². The van der Waals surface area contributed by atoms with Gasteiger partial charge in [-0.1, -0.05) is 39.7 Å². The summed E-state index contributed by atoms with van der Waals surface area (Å²) in [6, 6.07) is 14.4. The average Bonchev–Trinajstić information content (AvgIpc) is 2.48. The number of benzene rings is 2. The predicted octanol–water partition coefficient (Wildman–Crippen LogP) is 4.83. The largest absolute Gasteiger partial charge is 0.496 e. The molecule has 0 bridgehead atoms. The lowest BCUT2D eigenvalue weighted by molar-refractivity contribution is 0.405. The molecule has 112 valence electrons. The first-order valence-electron chi connectivity index (χ1n) is 6.88. The van der Waals surface area contributed by atoms with E-state index in [1.807, 2.05) is 24.3 Å². The molecule has 21 heavy (non-hydrogen) atoms. The first kappa shape index (κ1) is 16.3. The van der Waals surface area contributed by atoms with Gasteiger partial charge in [0.05, 0.1) is 7.11 Å². The zero-order valence-electron chi connectivity index (χ0n) is 12.2. The van der Waals surface area contributed by atoms with Crippen molar-refractivity contribution < 1.29 is 4.74 Å². The molecule has 1 unspecified atom stereocenters. The number of hydrogen-bond donors (Lipinski definition) is 1. The van der Waals surface area contributed by atoms with Crippen LogP contribution in [-0.4, -0.2) is 13.2 Å². The molecule has 1 atom stereocenters. The molecule has 0 saturated heterocycles. The minimum absolute atomic E-state index is 0.370. The molecule has 0 amide bonds. The minimum atomic E-state index is 0.370. The minimum Gasteiger partial charge on any atom is -0.496 e. The van der Waals surface area contributed by atoms with Crippen molar-refractivity contribution >= 4 is 27.5 Å². The van der Waals surface area contributed by atoms with E-state index in [0.717, 1.165) is 33.8 Å². The van der Waals surface area contributed by atoms with Gasteiger partial charge < -0.3 is 10.1 Å². The van der Waals surface area contributed by atoms with Crippen LogP contribution in [0.5, 0.6) is 5.75 Å². The van der Waals surface area contributed by atoms with E-state index in [1.54, 1.807) is 7.11 Å². The molecular weight excluding hydrogens is 350 g/mol. The van der Waals surface area contributed by atoms with Crippen molar-refractivity contribution in [2.45, 2.75) is 25.9 Å². The smallest absolute Gasteiger partial charge is 0.123 e. The summed E-state index contributed by atoms with van der Waals surface area (Å²) in [6.07, 6.45) is 0.966. The van der Waals surface area contributed by atoms with Crippen molar-refractivity contribution in [2.75, 3.05) is 7.11 Å². The monoisotopic (exact) mass is 367 g/mol. The quantitative estimate of drug-likeness (QED) is 0.788. The summed E-state index contributed by atoms with van der Waals surface area (Å²) in [4.78, 5) is 0. The molecular formula is C17H19BrClNO. The van der Waals surface area contributed by atoms with Gasteiger partial charge in [0, 0.05) is 27.6 Å². The Labute approximate surface area is 139 Å². The Morgan fingerprint density at radius 1 is 1.19 bits per heavy atom. The standard InChI is InChI=1S/C17H19BrClNO/c1-12(9-13-3-6-16(19)7-4-13)20-11-14-10-15(18)5-8-17(14)21-2/h3-8,10,12,20H,9,11H2,1-2H3. The SMILES string of the molecule is COc1ccc(Br)cc1CNC(C)Cc1ccc(Cl)cc1. The van der Waals surface area contributed by atoms with Crippen molar-refractivity contribution in [3.8, 4) is 5.75 Å². The maximum atomic E-state index is 5.90. The Hall–Kier alpha value is -1.03. The van der Waals surface area contributed by atoms with Crippen molar-refractivity contribution in [3.63, 3.8) is 0 Å². The molecule has 0 aliphatic carbocycles. The van der Waals surface area contributed by atoms with Crippen molar-refractivity contribution in [1.29, 1.82) is 0 Å². The van der Waals surface area contributed by atoms with Gasteiger partial charge in [-0.05, 0) is 49.2 Å². The Bertz CT molecular complexity index is 586. The highest BCUT2D eigenvalue weighted by Gasteiger charge is 2.07. The fourth-order valence-electron chi connectivity index (χ4n) is 2.22. The molecule has 0 aromatic heterocycles. The Morgan fingerprint density at radius 3 is 2.57 bits per heavy atom. The summed E-state index contributed by atoms with van der Waals surface area (Å²) in [5.41, 5.74) is 2.43. The number of rotatable bonds is 6. The second kappa shape index (κ2) is 7.83. The van der Waals surface area contributed by atoms with Crippen LogP contribution in [0.15, 0.2) is 46.9 Å². The molecule has 0 aliphatic rings. The van der Waals surface area contributed by atoms with E-state index in [9.17, 15) is 0 Å². The van der Waals surface area contributed by atoms with Gasteiger partial charge in [-0.25, -0.2) is 0 Å². The van der Waals surface area contributed by atoms with Gasteiger partial charge in [0.15, 0.2) is 0 Å². The van der Waals surface area contributed by atoms with Crippen LogP contribution < -0.4 is 10.1 Å². The highest BCUT2D eigenvalue weighted by atomic mass is 79.9. The van der Waals surface area contributed by atoms with Gasteiger partial charge in [-0.3, -0.25) is 0 Å². The van der Waals surface area contributed by atoms with E-state index in [2.05, 4.69) is 46.4 Å². The van der Waals surface area contributed by atoms with Crippen molar-refractivity contribution in [2.24, 2.45) is 0 Å². The molecule has 4 heteroatoms. The lowest BCUT2D eigenvalue weighted by Gasteiger charge is -2.16. The first-order valence-corrected chi connectivity index (χ1v) is 8.06. The lowest BCUT2D eigenvalue weighted by atomic mass is 10.1. The van der Waals surface area contributed by atoms with E-state index >= 15 is 0 Å². The fourth-order valence-corrected chi connectivity index (χ4v) is 2.75. The van der Waals surface area contributed by atoms with Crippen LogP contribution in [-0.2, 0) is 13.0 Å². The maximum absolute atomic E-state index is 5.90. The second-order valence-electron chi connectivity index (χ2n) is 5.07. The molecule has 2 aromatic rings. The summed E-state index contributed by atoms with van der Waals surface area (Å²) < 4.78 is 6.45. The summed E-state index contributed by atoms with van der Waals surface area (Å²) in [5.74, 6) is 0.907. The third-order valence-corrected chi connectivity index (χ3v) is 4.08. The molecule has 0 radical (unpaired) electrons. The Morgan fingerprint density at radius 2 is 1.90 bits per heavy atom. The van der Waals surface area contributed by atoms with E-state index < -0.39 is 0 Å². The van der Waals surface area contributed by atoms with Crippen LogP contribution in [0.3, 0.4) is 0 Å². The maximum Gasteiger partial charge on any atom is 0.123 e. The fraction of sp³-hybridized carbons (Fsp3) is 0.294. The molecule has 0 saturated carbocycles. The number of nitrogens with one attached hydrogen (secondary N) is 1. The number of ether oxygens (including phenoxy) is 1. The van der Waals surface area contributed by atoms with Crippen LogP contribution in [0, 0.1) is 0 Å². The summed E-state index contributed by atoms with van der Waals surface area (Å²) in [5, 5.41) is 4.31. The van der Waals surface area contributed by atoms with Crippen molar-refractivity contribution in [1.82, 2.24) is 5.32 Å². The van der Waals surface area contributed by atoms with Crippen molar-refractivity contribution in [3.05, 3.63) is 63.1 Å².